The molecule has 1 amide bonds. The maximum absolute atomic E-state index is 12.5. The number of amides is 1. The Morgan fingerprint density at radius 1 is 1.26 bits per heavy atom. The number of likely N-dealkylation sites (N-methyl/N-ethyl adjacent to an activating group) is 1. The van der Waals surface area contributed by atoms with Crippen LogP contribution in [0.3, 0.4) is 0 Å². The maximum atomic E-state index is 12.5. The molecule has 3 fully saturated rings. The molecule has 3 aliphatic rings. The van der Waals surface area contributed by atoms with Gasteiger partial charge in [-0.15, -0.1) is 0 Å². The zero-order chi connectivity index (χ0) is 13.2. The first-order chi connectivity index (χ1) is 9.24. The third kappa shape index (κ3) is 2.93. The lowest BCUT2D eigenvalue weighted by Crippen LogP contribution is -2.55. The molecule has 3 rings (SSSR count). The summed E-state index contributed by atoms with van der Waals surface area (Å²) in [5.74, 6) is 0.354. The molecule has 0 aliphatic carbocycles. The van der Waals surface area contributed by atoms with Crippen molar-refractivity contribution in [1.82, 2.24) is 20.0 Å². The van der Waals surface area contributed by atoms with Gasteiger partial charge in [-0.2, -0.15) is 0 Å². The average molecular weight is 266 g/mol. The van der Waals surface area contributed by atoms with Crippen molar-refractivity contribution >= 4 is 5.91 Å². The Bertz CT molecular complexity index is 335. The van der Waals surface area contributed by atoms with Gasteiger partial charge in [-0.1, -0.05) is 0 Å². The van der Waals surface area contributed by atoms with Crippen LogP contribution in [0.2, 0.25) is 0 Å². The zero-order valence-electron chi connectivity index (χ0n) is 12.0. The van der Waals surface area contributed by atoms with Crippen LogP contribution in [0.5, 0.6) is 0 Å². The van der Waals surface area contributed by atoms with E-state index < -0.39 is 0 Å². The molecular weight excluding hydrogens is 240 g/mol. The Balaban J connectivity index is 1.52. The van der Waals surface area contributed by atoms with Gasteiger partial charge in [0.25, 0.3) is 0 Å². The van der Waals surface area contributed by atoms with Crippen LogP contribution in [0.1, 0.15) is 19.3 Å². The molecule has 19 heavy (non-hydrogen) atoms. The van der Waals surface area contributed by atoms with Crippen LogP contribution in [-0.4, -0.2) is 85.6 Å². The number of nitrogens with one attached hydrogen (secondary N) is 1. The molecule has 0 saturated carbocycles. The number of carbonyl (C=O) groups is 1. The van der Waals surface area contributed by atoms with Crippen LogP contribution in [0.25, 0.3) is 0 Å². The summed E-state index contributed by atoms with van der Waals surface area (Å²) >= 11 is 0. The van der Waals surface area contributed by atoms with Crippen molar-refractivity contribution in [3.63, 3.8) is 0 Å². The molecule has 108 valence electrons. The predicted molar refractivity (Wildman–Crippen MR) is 75.1 cm³/mol. The molecule has 0 radical (unpaired) electrons. The summed E-state index contributed by atoms with van der Waals surface area (Å²) in [7, 11) is 2.13. The van der Waals surface area contributed by atoms with E-state index in [1.807, 2.05) is 0 Å². The van der Waals surface area contributed by atoms with Gasteiger partial charge in [-0.05, 0) is 26.4 Å². The highest BCUT2D eigenvalue weighted by molar-refractivity contribution is 5.77. The lowest BCUT2D eigenvalue weighted by atomic mass is 10.1. The molecule has 3 aliphatic heterocycles. The molecule has 3 heterocycles. The van der Waals surface area contributed by atoms with Gasteiger partial charge < -0.3 is 15.1 Å². The van der Waals surface area contributed by atoms with E-state index >= 15 is 0 Å². The molecular formula is C14H26N4O. The van der Waals surface area contributed by atoms with E-state index in [1.54, 1.807) is 0 Å². The number of rotatable bonds is 2. The highest BCUT2D eigenvalue weighted by atomic mass is 16.2. The van der Waals surface area contributed by atoms with Crippen LogP contribution in [0.15, 0.2) is 0 Å². The van der Waals surface area contributed by atoms with Gasteiger partial charge in [0.2, 0.25) is 5.91 Å². The summed E-state index contributed by atoms with van der Waals surface area (Å²) in [5, 5.41) is 3.39. The van der Waals surface area contributed by atoms with Gasteiger partial charge in [0, 0.05) is 57.8 Å². The summed E-state index contributed by atoms with van der Waals surface area (Å²) in [6.45, 7) is 7.25. The first-order valence-corrected chi connectivity index (χ1v) is 7.67. The first kappa shape index (κ1) is 13.3. The number of hydrogen-bond acceptors (Lipinski definition) is 4. The number of carbonyl (C=O) groups excluding carboxylic acids is 1. The highest BCUT2D eigenvalue weighted by Gasteiger charge is 2.33. The summed E-state index contributed by atoms with van der Waals surface area (Å²) in [4.78, 5) is 19.4. The van der Waals surface area contributed by atoms with E-state index in [0.29, 0.717) is 24.4 Å². The lowest BCUT2D eigenvalue weighted by molar-refractivity contribution is -0.135. The van der Waals surface area contributed by atoms with Crippen LogP contribution in [0.4, 0.5) is 0 Å². The quantitative estimate of drug-likeness (QED) is 0.737. The minimum absolute atomic E-state index is 0.354. The Hall–Kier alpha value is -0.650. The maximum Gasteiger partial charge on any atom is 0.224 e. The van der Waals surface area contributed by atoms with E-state index in [1.165, 1.54) is 19.4 Å². The molecule has 0 aromatic heterocycles. The van der Waals surface area contributed by atoms with E-state index in [0.717, 1.165) is 39.3 Å². The number of fused-ring (bicyclic) bond motifs is 1. The Morgan fingerprint density at radius 3 is 3.00 bits per heavy atom. The molecule has 5 heteroatoms. The van der Waals surface area contributed by atoms with Crippen molar-refractivity contribution in [2.24, 2.45) is 0 Å². The molecule has 0 spiro atoms. The van der Waals surface area contributed by atoms with Gasteiger partial charge in [0.15, 0.2) is 0 Å². The Labute approximate surface area is 115 Å². The van der Waals surface area contributed by atoms with Crippen LogP contribution in [0, 0.1) is 0 Å². The summed E-state index contributed by atoms with van der Waals surface area (Å²) in [6, 6.07) is 1.02. The summed E-state index contributed by atoms with van der Waals surface area (Å²) in [5.41, 5.74) is 0. The molecule has 0 aromatic rings. The molecule has 5 nitrogen and oxygen atoms in total. The van der Waals surface area contributed by atoms with Crippen molar-refractivity contribution in [3.05, 3.63) is 0 Å². The minimum Gasteiger partial charge on any atom is -0.340 e. The van der Waals surface area contributed by atoms with Crippen molar-refractivity contribution in [2.75, 3.05) is 52.9 Å². The number of nitrogens with zero attached hydrogens (tertiary/aromatic N) is 3. The van der Waals surface area contributed by atoms with Gasteiger partial charge in [0.05, 0.1) is 0 Å². The summed E-state index contributed by atoms with van der Waals surface area (Å²) < 4.78 is 0. The van der Waals surface area contributed by atoms with Crippen molar-refractivity contribution < 1.29 is 4.79 Å². The third-order valence-corrected chi connectivity index (χ3v) is 4.99. The van der Waals surface area contributed by atoms with E-state index in [9.17, 15) is 4.79 Å². The minimum atomic E-state index is 0.354. The second kappa shape index (κ2) is 5.77. The zero-order valence-corrected chi connectivity index (χ0v) is 12.0. The average Bonchev–Trinajstić information content (AvgIpc) is 2.88. The molecule has 1 N–H and O–H groups in total. The smallest absolute Gasteiger partial charge is 0.224 e. The van der Waals surface area contributed by atoms with Crippen LogP contribution >= 0.6 is 0 Å². The molecule has 2 atom stereocenters. The second-order valence-electron chi connectivity index (χ2n) is 6.21. The van der Waals surface area contributed by atoms with Gasteiger partial charge in [0.1, 0.15) is 0 Å². The molecule has 0 bridgehead atoms. The first-order valence-electron chi connectivity index (χ1n) is 7.67. The Morgan fingerprint density at radius 2 is 2.16 bits per heavy atom. The fourth-order valence-corrected chi connectivity index (χ4v) is 3.64. The van der Waals surface area contributed by atoms with E-state index in [4.69, 9.17) is 0 Å². The SMILES string of the molecule is CN1CCNCC1CC(=O)N1CCN2CCCC2C1. The molecule has 2 unspecified atom stereocenters. The standard InChI is InChI=1S/C14H26N4O/c1-16-6-4-15-10-13(16)9-14(19)18-8-7-17-5-2-3-12(17)11-18/h12-13,15H,2-11H2,1H3. The monoisotopic (exact) mass is 266 g/mol. The van der Waals surface area contributed by atoms with Crippen molar-refractivity contribution in [3.8, 4) is 0 Å². The predicted octanol–water partition coefficient (Wildman–Crippen LogP) is -0.413. The number of piperazine rings is 2. The summed E-state index contributed by atoms with van der Waals surface area (Å²) in [6.07, 6.45) is 3.26. The van der Waals surface area contributed by atoms with Gasteiger partial charge >= 0.3 is 0 Å². The fourth-order valence-electron chi connectivity index (χ4n) is 3.64. The largest absolute Gasteiger partial charge is 0.340 e. The fraction of sp³-hybridized carbons (Fsp3) is 0.929. The van der Waals surface area contributed by atoms with Crippen molar-refractivity contribution in [2.45, 2.75) is 31.3 Å². The van der Waals surface area contributed by atoms with Gasteiger partial charge in [-0.3, -0.25) is 9.69 Å². The van der Waals surface area contributed by atoms with Gasteiger partial charge in [-0.25, -0.2) is 0 Å². The number of hydrogen-bond donors (Lipinski definition) is 1. The Kier molecular flexibility index (Phi) is 4.05. The highest BCUT2D eigenvalue weighted by Crippen LogP contribution is 2.22. The van der Waals surface area contributed by atoms with Crippen molar-refractivity contribution in [1.29, 1.82) is 0 Å². The third-order valence-electron chi connectivity index (χ3n) is 4.99. The van der Waals surface area contributed by atoms with Crippen LogP contribution in [-0.2, 0) is 4.79 Å². The van der Waals surface area contributed by atoms with Crippen LogP contribution < -0.4 is 5.32 Å². The lowest BCUT2D eigenvalue weighted by Gasteiger charge is -2.39. The van der Waals surface area contributed by atoms with E-state index in [-0.39, 0.29) is 0 Å². The normalized spacial score (nSPS) is 33.4. The van der Waals surface area contributed by atoms with E-state index in [2.05, 4.69) is 27.1 Å². The topological polar surface area (TPSA) is 38.8 Å². The molecule has 3 saturated heterocycles. The molecule has 0 aromatic carbocycles. The second-order valence-corrected chi connectivity index (χ2v) is 6.21.